The number of hydrogen-bond donors (Lipinski definition) is 2. The van der Waals surface area contributed by atoms with Crippen molar-refractivity contribution in [3.63, 3.8) is 0 Å². The molecule has 3 atom stereocenters. The van der Waals surface area contributed by atoms with E-state index in [-0.39, 0.29) is 5.91 Å². The molecule has 4 heteroatoms. The van der Waals surface area contributed by atoms with Crippen LogP contribution in [-0.2, 0) is 4.79 Å². The highest BCUT2D eigenvalue weighted by atomic mass is 16.1. The SMILES string of the molecule is CC1CCCC(NCC(=O)Nc2ccncc2)C1C. The number of carbonyl (C=O) groups is 1. The molecule has 3 unspecified atom stereocenters. The first-order valence-corrected chi connectivity index (χ1v) is 7.10. The molecule has 1 aliphatic carbocycles. The fourth-order valence-corrected chi connectivity index (χ4v) is 2.73. The fourth-order valence-electron chi connectivity index (χ4n) is 2.73. The Morgan fingerprint density at radius 3 is 2.79 bits per heavy atom. The van der Waals surface area contributed by atoms with Crippen molar-refractivity contribution < 1.29 is 4.79 Å². The van der Waals surface area contributed by atoms with E-state index < -0.39 is 0 Å². The Labute approximate surface area is 115 Å². The molecule has 0 aromatic carbocycles. The van der Waals surface area contributed by atoms with Crippen LogP contribution in [0.25, 0.3) is 0 Å². The molecular formula is C15H23N3O. The Hall–Kier alpha value is -1.42. The highest BCUT2D eigenvalue weighted by Crippen LogP contribution is 2.29. The molecule has 2 N–H and O–H groups in total. The molecule has 1 amide bonds. The average Bonchev–Trinajstić information content (AvgIpc) is 2.42. The van der Waals surface area contributed by atoms with E-state index in [4.69, 9.17) is 0 Å². The summed E-state index contributed by atoms with van der Waals surface area (Å²) in [5.41, 5.74) is 0.798. The van der Waals surface area contributed by atoms with Crippen LogP contribution in [0.2, 0.25) is 0 Å². The minimum absolute atomic E-state index is 0.0108. The van der Waals surface area contributed by atoms with Crippen LogP contribution in [0.4, 0.5) is 5.69 Å². The van der Waals surface area contributed by atoms with E-state index in [9.17, 15) is 4.79 Å². The minimum Gasteiger partial charge on any atom is -0.325 e. The second kappa shape index (κ2) is 6.66. The summed E-state index contributed by atoms with van der Waals surface area (Å²) in [4.78, 5) is 15.8. The third-order valence-corrected chi connectivity index (χ3v) is 4.20. The zero-order valence-corrected chi connectivity index (χ0v) is 11.7. The molecule has 1 saturated carbocycles. The zero-order chi connectivity index (χ0) is 13.7. The first kappa shape index (κ1) is 14.0. The first-order valence-electron chi connectivity index (χ1n) is 7.10. The van der Waals surface area contributed by atoms with E-state index in [1.807, 2.05) is 0 Å². The summed E-state index contributed by atoms with van der Waals surface area (Å²) in [5.74, 6) is 1.40. The molecule has 1 aromatic rings. The van der Waals surface area contributed by atoms with Crippen molar-refractivity contribution in [1.82, 2.24) is 10.3 Å². The maximum absolute atomic E-state index is 11.8. The van der Waals surface area contributed by atoms with Crippen LogP contribution >= 0.6 is 0 Å². The smallest absolute Gasteiger partial charge is 0.238 e. The van der Waals surface area contributed by atoms with Gasteiger partial charge in [0.15, 0.2) is 0 Å². The number of amides is 1. The summed E-state index contributed by atoms with van der Waals surface area (Å²) in [5, 5.41) is 6.26. The highest BCUT2D eigenvalue weighted by Gasteiger charge is 2.26. The summed E-state index contributed by atoms with van der Waals surface area (Å²) in [6.07, 6.45) is 7.09. The van der Waals surface area contributed by atoms with E-state index in [0.29, 0.717) is 18.5 Å². The van der Waals surface area contributed by atoms with Gasteiger partial charge in [-0.1, -0.05) is 26.7 Å². The van der Waals surface area contributed by atoms with E-state index in [1.165, 1.54) is 19.3 Å². The lowest BCUT2D eigenvalue weighted by atomic mass is 9.78. The quantitative estimate of drug-likeness (QED) is 0.875. The topological polar surface area (TPSA) is 54.0 Å². The molecule has 0 saturated heterocycles. The first-order chi connectivity index (χ1) is 9.16. The lowest BCUT2D eigenvalue weighted by molar-refractivity contribution is -0.115. The number of pyridine rings is 1. The summed E-state index contributed by atoms with van der Waals surface area (Å²) in [7, 11) is 0. The van der Waals surface area contributed by atoms with Crippen molar-refractivity contribution in [3.05, 3.63) is 24.5 Å². The van der Waals surface area contributed by atoms with Gasteiger partial charge in [-0.15, -0.1) is 0 Å². The summed E-state index contributed by atoms with van der Waals surface area (Å²) in [6, 6.07) is 4.05. The van der Waals surface area contributed by atoms with Crippen molar-refractivity contribution in [2.24, 2.45) is 11.8 Å². The molecular weight excluding hydrogens is 238 g/mol. The maximum Gasteiger partial charge on any atom is 0.238 e. The number of nitrogens with zero attached hydrogens (tertiary/aromatic N) is 1. The molecule has 1 fully saturated rings. The minimum atomic E-state index is 0.0108. The van der Waals surface area contributed by atoms with Gasteiger partial charge in [0, 0.05) is 24.1 Å². The Balaban J connectivity index is 1.77. The number of aromatic nitrogens is 1. The normalized spacial score (nSPS) is 26.9. The largest absolute Gasteiger partial charge is 0.325 e. The molecule has 0 radical (unpaired) electrons. The number of rotatable bonds is 4. The van der Waals surface area contributed by atoms with Crippen LogP contribution < -0.4 is 10.6 Å². The van der Waals surface area contributed by atoms with Gasteiger partial charge in [0.1, 0.15) is 0 Å². The number of nitrogens with one attached hydrogen (secondary N) is 2. The standard InChI is InChI=1S/C15H23N3O/c1-11-4-3-5-14(12(11)2)17-10-15(19)18-13-6-8-16-9-7-13/h6-9,11-12,14,17H,3-5,10H2,1-2H3,(H,16,18,19). The van der Waals surface area contributed by atoms with Crippen molar-refractivity contribution >= 4 is 11.6 Å². The molecule has 0 spiro atoms. The second-order valence-corrected chi connectivity index (χ2v) is 5.54. The number of anilines is 1. The van der Waals surface area contributed by atoms with Gasteiger partial charge in [-0.25, -0.2) is 0 Å². The van der Waals surface area contributed by atoms with Crippen LogP contribution in [-0.4, -0.2) is 23.5 Å². The zero-order valence-electron chi connectivity index (χ0n) is 11.7. The summed E-state index contributed by atoms with van der Waals surface area (Å²) >= 11 is 0. The van der Waals surface area contributed by atoms with Crippen molar-refractivity contribution in [3.8, 4) is 0 Å². The van der Waals surface area contributed by atoms with Gasteiger partial charge >= 0.3 is 0 Å². The van der Waals surface area contributed by atoms with E-state index in [1.54, 1.807) is 24.5 Å². The molecule has 2 rings (SSSR count). The van der Waals surface area contributed by atoms with Crippen LogP contribution in [0.15, 0.2) is 24.5 Å². The molecule has 1 aromatic heterocycles. The van der Waals surface area contributed by atoms with Gasteiger partial charge in [0.25, 0.3) is 0 Å². The van der Waals surface area contributed by atoms with Gasteiger partial charge in [-0.2, -0.15) is 0 Å². The lowest BCUT2D eigenvalue weighted by Gasteiger charge is -2.34. The van der Waals surface area contributed by atoms with Crippen molar-refractivity contribution in [2.75, 3.05) is 11.9 Å². The third kappa shape index (κ3) is 4.03. The Kier molecular flexibility index (Phi) is 4.91. The van der Waals surface area contributed by atoms with E-state index >= 15 is 0 Å². The predicted octanol–water partition coefficient (Wildman–Crippen LogP) is 2.43. The predicted molar refractivity (Wildman–Crippen MR) is 76.8 cm³/mol. The maximum atomic E-state index is 11.8. The van der Waals surface area contributed by atoms with Crippen LogP contribution in [0.5, 0.6) is 0 Å². The van der Waals surface area contributed by atoms with Crippen LogP contribution in [0.3, 0.4) is 0 Å². The molecule has 1 heterocycles. The second-order valence-electron chi connectivity index (χ2n) is 5.54. The Morgan fingerprint density at radius 2 is 2.05 bits per heavy atom. The lowest BCUT2D eigenvalue weighted by Crippen LogP contribution is -2.43. The third-order valence-electron chi connectivity index (χ3n) is 4.20. The number of hydrogen-bond acceptors (Lipinski definition) is 3. The van der Waals surface area contributed by atoms with Gasteiger partial charge in [0.05, 0.1) is 6.54 Å². The van der Waals surface area contributed by atoms with E-state index in [2.05, 4.69) is 29.5 Å². The molecule has 4 nitrogen and oxygen atoms in total. The fraction of sp³-hybridized carbons (Fsp3) is 0.600. The monoisotopic (exact) mass is 261 g/mol. The van der Waals surface area contributed by atoms with Crippen molar-refractivity contribution in [1.29, 1.82) is 0 Å². The number of carbonyl (C=O) groups excluding carboxylic acids is 1. The van der Waals surface area contributed by atoms with Crippen molar-refractivity contribution in [2.45, 2.75) is 39.2 Å². The molecule has 104 valence electrons. The van der Waals surface area contributed by atoms with E-state index in [0.717, 1.165) is 11.6 Å². The van der Waals surface area contributed by atoms with Gasteiger partial charge < -0.3 is 10.6 Å². The van der Waals surface area contributed by atoms with Gasteiger partial charge in [-0.05, 0) is 30.4 Å². The average molecular weight is 261 g/mol. The molecule has 0 bridgehead atoms. The Bertz CT molecular complexity index is 407. The molecule has 19 heavy (non-hydrogen) atoms. The highest BCUT2D eigenvalue weighted by molar-refractivity contribution is 5.92. The summed E-state index contributed by atoms with van der Waals surface area (Å²) < 4.78 is 0. The molecule has 0 aliphatic heterocycles. The van der Waals surface area contributed by atoms with Gasteiger partial charge in [-0.3, -0.25) is 9.78 Å². The summed E-state index contributed by atoms with van der Waals surface area (Å²) in [6.45, 7) is 4.96. The Morgan fingerprint density at radius 1 is 1.32 bits per heavy atom. The van der Waals surface area contributed by atoms with Crippen LogP contribution in [0, 0.1) is 11.8 Å². The van der Waals surface area contributed by atoms with Crippen LogP contribution in [0.1, 0.15) is 33.1 Å². The molecule has 1 aliphatic rings. The van der Waals surface area contributed by atoms with Gasteiger partial charge in [0.2, 0.25) is 5.91 Å².